The summed E-state index contributed by atoms with van der Waals surface area (Å²) in [5.41, 5.74) is 7.01. The van der Waals surface area contributed by atoms with Crippen LogP contribution in [0.2, 0.25) is 0 Å². The van der Waals surface area contributed by atoms with E-state index in [1.165, 1.54) is 5.69 Å². The molecule has 0 fully saturated rings. The molecule has 3 nitrogen and oxygen atoms in total. The molecule has 0 saturated carbocycles. The van der Waals surface area contributed by atoms with E-state index >= 15 is 0 Å². The summed E-state index contributed by atoms with van der Waals surface area (Å²) in [5.74, 6) is 0. The summed E-state index contributed by atoms with van der Waals surface area (Å²) in [4.78, 5) is 0. The zero-order chi connectivity index (χ0) is 10.1. The molecule has 0 atom stereocenters. The van der Waals surface area contributed by atoms with Crippen molar-refractivity contribution < 1.29 is 0 Å². The number of nitrogens with two attached hydrogens (primary N) is 1. The predicted octanol–water partition coefficient (Wildman–Crippen LogP) is 1.85. The second-order valence-corrected chi connectivity index (χ2v) is 4.88. The molecule has 4 heteroatoms. The summed E-state index contributed by atoms with van der Waals surface area (Å²) in [6, 6.07) is 2.03. The van der Waals surface area contributed by atoms with Crippen LogP contribution in [0.25, 0.3) is 0 Å². The highest BCUT2D eigenvalue weighted by molar-refractivity contribution is 9.10. The van der Waals surface area contributed by atoms with Crippen LogP contribution in [0.3, 0.4) is 0 Å². The van der Waals surface area contributed by atoms with Crippen LogP contribution in [0, 0.1) is 0 Å². The van der Waals surface area contributed by atoms with Crippen LogP contribution in [0.1, 0.15) is 26.0 Å². The molecule has 1 aromatic heterocycles. The van der Waals surface area contributed by atoms with Crippen molar-refractivity contribution in [2.45, 2.75) is 32.2 Å². The Bertz CT molecular complexity index is 286. The van der Waals surface area contributed by atoms with E-state index in [9.17, 15) is 0 Å². The lowest BCUT2D eigenvalue weighted by Gasteiger charge is -2.17. The summed E-state index contributed by atoms with van der Waals surface area (Å²) in [5, 5.41) is 4.20. The molecular formula is C9H16BrN3. The topological polar surface area (TPSA) is 43.8 Å². The van der Waals surface area contributed by atoms with Crippen LogP contribution in [-0.4, -0.2) is 15.3 Å². The first-order valence-electron chi connectivity index (χ1n) is 4.36. The van der Waals surface area contributed by atoms with Crippen LogP contribution in [0.15, 0.2) is 10.7 Å². The Morgan fingerprint density at radius 2 is 2.23 bits per heavy atom. The monoisotopic (exact) mass is 245 g/mol. The molecule has 0 amide bonds. The number of halogens is 1. The number of hydrogen-bond donors (Lipinski definition) is 1. The Balaban J connectivity index is 2.59. The third kappa shape index (κ3) is 3.48. The molecule has 0 aliphatic carbocycles. The van der Waals surface area contributed by atoms with Crippen LogP contribution >= 0.6 is 15.9 Å². The summed E-state index contributed by atoms with van der Waals surface area (Å²) in [7, 11) is 1.95. The number of aryl methyl sites for hydroxylation is 2. The van der Waals surface area contributed by atoms with E-state index in [-0.39, 0.29) is 5.54 Å². The number of hydrogen-bond acceptors (Lipinski definition) is 2. The van der Waals surface area contributed by atoms with Crippen LogP contribution in [0.5, 0.6) is 0 Å². The Kier molecular flexibility index (Phi) is 3.14. The summed E-state index contributed by atoms with van der Waals surface area (Å²) >= 11 is 3.34. The van der Waals surface area contributed by atoms with Crippen molar-refractivity contribution in [2.24, 2.45) is 12.8 Å². The Labute approximate surface area is 87.4 Å². The van der Waals surface area contributed by atoms with Crippen molar-refractivity contribution in [3.8, 4) is 0 Å². The lowest BCUT2D eigenvalue weighted by molar-refractivity contribution is 0.468. The third-order valence-corrected chi connectivity index (χ3v) is 2.36. The average Bonchev–Trinajstić information content (AvgIpc) is 2.24. The van der Waals surface area contributed by atoms with Gasteiger partial charge in [-0.2, -0.15) is 5.10 Å². The lowest BCUT2D eigenvalue weighted by atomic mass is 9.99. The van der Waals surface area contributed by atoms with Gasteiger partial charge in [0.25, 0.3) is 0 Å². The summed E-state index contributed by atoms with van der Waals surface area (Å²) in [6.45, 7) is 4.08. The Morgan fingerprint density at radius 1 is 1.62 bits per heavy atom. The van der Waals surface area contributed by atoms with E-state index in [1.807, 2.05) is 31.6 Å². The van der Waals surface area contributed by atoms with E-state index in [2.05, 4.69) is 21.0 Å². The van der Waals surface area contributed by atoms with E-state index in [4.69, 9.17) is 5.73 Å². The van der Waals surface area contributed by atoms with Gasteiger partial charge in [0.15, 0.2) is 0 Å². The standard InChI is InChI=1S/C9H16BrN3/c1-9(2,11)5-4-7-6-8(10)12-13(7)3/h6H,4-5,11H2,1-3H3. The van der Waals surface area contributed by atoms with Gasteiger partial charge < -0.3 is 5.73 Å². The molecule has 1 rings (SSSR count). The molecular weight excluding hydrogens is 230 g/mol. The van der Waals surface area contributed by atoms with Gasteiger partial charge in [-0.3, -0.25) is 4.68 Å². The van der Waals surface area contributed by atoms with Gasteiger partial charge in [-0.15, -0.1) is 0 Å². The van der Waals surface area contributed by atoms with Crippen molar-refractivity contribution in [3.63, 3.8) is 0 Å². The molecule has 0 radical (unpaired) electrons. The first-order chi connectivity index (χ1) is 5.88. The highest BCUT2D eigenvalue weighted by Gasteiger charge is 2.12. The van der Waals surface area contributed by atoms with Gasteiger partial charge in [-0.1, -0.05) is 0 Å². The molecule has 0 saturated heterocycles. The van der Waals surface area contributed by atoms with Gasteiger partial charge in [-0.05, 0) is 48.7 Å². The van der Waals surface area contributed by atoms with Crippen molar-refractivity contribution in [1.29, 1.82) is 0 Å². The van der Waals surface area contributed by atoms with E-state index < -0.39 is 0 Å². The second-order valence-electron chi connectivity index (χ2n) is 4.07. The molecule has 1 aromatic rings. The molecule has 0 spiro atoms. The molecule has 0 bridgehead atoms. The van der Waals surface area contributed by atoms with Crippen LogP contribution in [0.4, 0.5) is 0 Å². The number of nitrogens with zero attached hydrogens (tertiary/aromatic N) is 2. The first kappa shape index (κ1) is 10.7. The average molecular weight is 246 g/mol. The van der Waals surface area contributed by atoms with Crippen molar-refractivity contribution in [2.75, 3.05) is 0 Å². The van der Waals surface area contributed by atoms with Crippen molar-refractivity contribution >= 4 is 15.9 Å². The normalized spacial score (nSPS) is 12.1. The van der Waals surface area contributed by atoms with E-state index in [1.54, 1.807) is 0 Å². The zero-order valence-corrected chi connectivity index (χ0v) is 9.93. The molecule has 1 heterocycles. The molecule has 0 aromatic carbocycles. The fourth-order valence-corrected chi connectivity index (χ4v) is 1.65. The molecule has 0 unspecified atom stereocenters. The zero-order valence-electron chi connectivity index (χ0n) is 8.34. The van der Waals surface area contributed by atoms with Crippen molar-refractivity contribution in [1.82, 2.24) is 9.78 Å². The minimum Gasteiger partial charge on any atom is -0.326 e. The van der Waals surface area contributed by atoms with Gasteiger partial charge in [0.05, 0.1) is 0 Å². The smallest absolute Gasteiger partial charge is 0.128 e. The highest BCUT2D eigenvalue weighted by Crippen LogP contribution is 2.14. The van der Waals surface area contributed by atoms with Crippen molar-refractivity contribution in [3.05, 3.63) is 16.4 Å². The lowest BCUT2D eigenvalue weighted by Crippen LogP contribution is -2.32. The fourth-order valence-electron chi connectivity index (χ4n) is 1.15. The molecule has 74 valence electrons. The van der Waals surface area contributed by atoms with Crippen LogP contribution in [-0.2, 0) is 13.5 Å². The summed E-state index contributed by atoms with van der Waals surface area (Å²) in [6.07, 6.45) is 1.94. The van der Waals surface area contributed by atoms with Gasteiger partial charge in [0, 0.05) is 18.3 Å². The van der Waals surface area contributed by atoms with Gasteiger partial charge >= 0.3 is 0 Å². The third-order valence-electron chi connectivity index (χ3n) is 1.97. The fraction of sp³-hybridized carbons (Fsp3) is 0.667. The largest absolute Gasteiger partial charge is 0.326 e. The van der Waals surface area contributed by atoms with E-state index in [0.29, 0.717) is 0 Å². The molecule has 13 heavy (non-hydrogen) atoms. The second kappa shape index (κ2) is 3.80. The minimum atomic E-state index is -0.100. The maximum Gasteiger partial charge on any atom is 0.128 e. The van der Waals surface area contributed by atoms with Gasteiger partial charge in [-0.25, -0.2) is 0 Å². The van der Waals surface area contributed by atoms with Crippen LogP contribution < -0.4 is 5.73 Å². The quantitative estimate of drug-likeness (QED) is 0.884. The molecule has 0 aliphatic heterocycles. The maximum absolute atomic E-state index is 5.90. The SMILES string of the molecule is Cn1nc(Br)cc1CCC(C)(C)N. The Morgan fingerprint density at radius 3 is 2.62 bits per heavy atom. The van der Waals surface area contributed by atoms with E-state index in [0.717, 1.165) is 17.4 Å². The minimum absolute atomic E-state index is 0.100. The molecule has 0 aliphatic rings. The Hall–Kier alpha value is -0.350. The maximum atomic E-state index is 5.90. The predicted molar refractivity (Wildman–Crippen MR) is 57.5 cm³/mol. The summed E-state index contributed by atoms with van der Waals surface area (Å²) < 4.78 is 2.77. The first-order valence-corrected chi connectivity index (χ1v) is 5.15. The number of rotatable bonds is 3. The number of aromatic nitrogens is 2. The van der Waals surface area contributed by atoms with Gasteiger partial charge in [0.1, 0.15) is 4.60 Å². The molecule has 2 N–H and O–H groups in total. The highest BCUT2D eigenvalue weighted by atomic mass is 79.9. The van der Waals surface area contributed by atoms with Gasteiger partial charge in [0.2, 0.25) is 0 Å².